The fourth-order valence-corrected chi connectivity index (χ4v) is 1.35. The van der Waals surface area contributed by atoms with Gasteiger partial charge in [0.1, 0.15) is 6.61 Å². The Morgan fingerprint density at radius 1 is 1.22 bits per heavy atom. The minimum atomic E-state index is -0.574. The largest absolute Gasteiger partial charge is 0.466 e. The van der Waals surface area contributed by atoms with Crippen LogP contribution in [0.15, 0.2) is 12.2 Å². The van der Waals surface area contributed by atoms with E-state index in [0.29, 0.717) is 13.2 Å². The number of nitrogens with zero attached hydrogens (tertiary/aromatic N) is 1. The summed E-state index contributed by atoms with van der Waals surface area (Å²) in [6.45, 7) is 4.14. The molecule has 6 nitrogen and oxygen atoms in total. The van der Waals surface area contributed by atoms with Crippen LogP contribution in [0.5, 0.6) is 0 Å². The highest BCUT2D eigenvalue weighted by molar-refractivity contribution is 5.91. The molecule has 1 aliphatic rings. The van der Waals surface area contributed by atoms with Crippen LogP contribution in [0, 0.1) is 0 Å². The van der Waals surface area contributed by atoms with Gasteiger partial charge in [0, 0.05) is 31.8 Å². The second-order valence-electron chi connectivity index (χ2n) is 3.48. The van der Waals surface area contributed by atoms with E-state index in [4.69, 9.17) is 9.47 Å². The maximum Gasteiger partial charge on any atom is 0.331 e. The third-order valence-electron chi connectivity index (χ3n) is 2.31. The highest BCUT2D eigenvalue weighted by Gasteiger charge is 2.10. The van der Waals surface area contributed by atoms with Crippen LogP contribution >= 0.6 is 12.4 Å². The van der Waals surface area contributed by atoms with Gasteiger partial charge in [-0.3, -0.25) is 4.90 Å². The van der Waals surface area contributed by atoms with E-state index in [0.717, 1.165) is 38.5 Å². The molecule has 1 heterocycles. The molecule has 0 amide bonds. The number of hydrogen-bond acceptors (Lipinski definition) is 6. The first-order valence-electron chi connectivity index (χ1n) is 5.45. The number of hydrogen-bond donors (Lipinski definition) is 0. The summed E-state index contributed by atoms with van der Waals surface area (Å²) < 4.78 is 14.5. The fraction of sp³-hybridized carbons (Fsp3) is 0.636. The molecule has 0 bridgehead atoms. The zero-order valence-corrected chi connectivity index (χ0v) is 11.1. The number of carbonyl (C=O) groups is 2. The summed E-state index contributed by atoms with van der Waals surface area (Å²) in [5.41, 5.74) is 0. The molecule has 1 saturated heterocycles. The van der Waals surface area contributed by atoms with E-state index in [1.807, 2.05) is 0 Å². The Balaban J connectivity index is 0.00000289. The lowest BCUT2D eigenvalue weighted by Crippen LogP contribution is -2.38. The first-order chi connectivity index (χ1) is 8.22. The average molecular weight is 280 g/mol. The molecule has 0 saturated carbocycles. The second-order valence-corrected chi connectivity index (χ2v) is 3.48. The van der Waals surface area contributed by atoms with Crippen molar-refractivity contribution >= 4 is 24.3 Å². The standard InChI is InChI=1S/C11H17NO5.ClH/c1-15-10(13)2-3-11(14)17-9-6-12-4-7-16-8-5-12;/h2-3H,4-9H2,1H3;1H/b3-2+;. The van der Waals surface area contributed by atoms with Gasteiger partial charge in [0.05, 0.1) is 20.3 Å². The van der Waals surface area contributed by atoms with Gasteiger partial charge in [-0.2, -0.15) is 0 Å². The molecular weight excluding hydrogens is 262 g/mol. The molecule has 0 atom stereocenters. The maximum atomic E-state index is 11.1. The monoisotopic (exact) mass is 279 g/mol. The fourth-order valence-electron chi connectivity index (χ4n) is 1.35. The summed E-state index contributed by atoms with van der Waals surface area (Å²) in [4.78, 5) is 24.0. The van der Waals surface area contributed by atoms with E-state index >= 15 is 0 Å². The normalized spacial score (nSPS) is 16.1. The lowest BCUT2D eigenvalue weighted by Gasteiger charge is -2.25. The van der Waals surface area contributed by atoms with Crippen LogP contribution < -0.4 is 0 Å². The predicted molar refractivity (Wildman–Crippen MR) is 66.6 cm³/mol. The van der Waals surface area contributed by atoms with Crippen molar-refractivity contribution in [3.63, 3.8) is 0 Å². The number of esters is 2. The molecule has 0 aromatic carbocycles. The number of carbonyl (C=O) groups excluding carboxylic acids is 2. The van der Waals surface area contributed by atoms with Crippen LogP contribution in [0.3, 0.4) is 0 Å². The Hall–Kier alpha value is -1.11. The molecule has 0 unspecified atom stereocenters. The molecule has 7 heteroatoms. The summed E-state index contributed by atoms with van der Waals surface area (Å²) >= 11 is 0. The highest BCUT2D eigenvalue weighted by Crippen LogP contribution is 1.96. The molecule has 0 N–H and O–H groups in total. The molecule has 0 aromatic rings. The van der Waals surface area contributed by atoms with Gasteiger partial charge in [0.25, 0.3) is 0 Å². The summed E-state index contributed by atoms with van der Waals surface area (Å²) in [6.07, 6.45) is 2.10. The van der Waals surface area contributed by atoms with Gasteiger partial charge < -0.3 is 14.2 Å². The molecule has 1 rings (SSSR count). The molecule has 0 aliphatic carbocycles. The Labute approximate surface area is 112 Å². The van der Waals surface area contributed by atoms with Crippen LogP contribution in [-0.4, -0.2) is 63.4 Å². The third-order valence-corrected chi connectivity index (χ3v) is 2.31. The highest BCUT2D eigenvalue weighted by atomic mass is 35.5. The van der Waals surface area contributed by atoms with E-state index in [1.165, 1.54) is 7.11 Å². The number of morpholine rings is 1. The van der Waals surface area contributed by atoms with Crippen LogP contribution in [0.25, 0.3) is 0 Å². The zero-order valence-electron chi connectivity index (χ0n) is 10.3. The van der Waals surface area contributed by atoms with E-state index < -0.39 is 11.9 Å². The van der Waals surface area contributed by atoms with Gasteiger partial charge in [0.15, 0.2) is 0 Å². The summed E-state index contributed by atoms with van der Waals surface area (Å²) in [5.74, 6) is -1.11. The van der Waals surface area contributed by atoms with Gasteiger partial charge in [-0.25, -0.2) is 9.59 Å². The van der Waals surface area contributed by atoms with Crippen molar-refractivity contribution in [2.75, 3.05) is 46.6 Å². The molecule has 18 heavy (non-hydrogen) atoms. The first-order valence-corrected chi connectivity index (χ1v) is 5.45. The van der Waals surface area contributed by atoms with E-state index in [1.54, 1.807) is 0 Å². The summed E-state index contributed by atoms with van der Waals surface area (Å²) in [5, 5.41) is 0. The van der Waals surface area contributed by atoms with Crippen molar-refractivity contribution in [1.82, 2.24) is 4.90 Å². The summed E-state index contributed by atoms with van der Waals surface area (Å²) in [6, 6.07) is 0. The lowest BCUT2D eigenvalue weighted by atomic mass is 10.4. The average Bonchev–Trinajstić information content (AvgIpc) is 2.37. The number of halogens is 1. The van der Waals surface area contributed by atoms with Crippen molar-refractivity contribution < 1.29 is 23.8 Å². The van der Waals surface area contributed by atoms with Gasteiger partial charge in [0.2, 0.25) is 0 Å². The van der Waals surface area contributed by atoms with Crippen molar-refractivity contribution in [3.05, 3.63) is 12.2 Å². The zero-order chi connectivity index (χ0) is 12.5. The number of rotatable bonds is 5. The number of methoxy groups -OCH3 is 1. The quantitative estimate of drug-likeness (QED) is 0.522. The molecular formula is C11H18ClNO5. The Morgan fingerprint density at radius 2 is 1.83 bits per heavy atom. The second kappa shape index (κ2) is 9.87. The third kappa shape index (κ3) is 7.26. The number of ether oxygens (including phenoxy) is 3. The molecule has 0 spiro atoms. The van der Waals surface area contributed by atoms with Crippen molar-refractivity contribution in [2.24, 2.45) is 0 Å². The molecule has 0 aromatic heterocycles. The van der Waals surface area contributed by atoms with E-state index in [9.17, 15) is 9.59 Å². The minimum Gasteiger partial charge on any atom is -0.466 e. The lowest BCUT2D eigenvalue weighted by molar-refractivity contribution is -0.139. The van der Waals surface area contributed by atoms with E-state index in [-0.39, 0.29) is 12.4 Å². The Kier molecular flexibility index (Phi) is 9.26. The molecule has 0 radical (unpaired) electrons. The maximum absolute atomic E-state index is 11.1. The van der Waals surface area contributed by atoms with Crippen LogP contribution in [-0.2, 0) is 23.8 Å². The molecule has 104 valence electrons. The van der Waals surface area contributed by atoms with Gasteiger partial charge >= 0.3 is 11.9 Å². The van der Waals surface area contributed by atoms with Crippen LogP contribution in [0.4, 0.5) is 0 Å². The first kappa shape index (κ1) is 16.9. The van der Waals surface area contributed by atoms with Gasteiger partial charge in [-0.05, 0) is 0 Å². The van der Waals surface area contributed by atoms with Gasteiger partial charge in [-0.15, -0.1) is 12.4 Å². The molecule has 1 aliphatic heterocycles. The minimum absolute atomic E-state index is 0. The predicted octanol–water partition coefficient (Wildman–Crippen LogP) is 0.0128. The SMILES string of the molecule is COC(=O)/C=C/C(=O)OCCN1CCOCC1.Cl. The Bertz CT molecular complexity index is 289. The Morgan fingerprint density at radius 3 is 2.44 bits per heavy atom. The van der Waals surface area contributed by atoms with Crippen LogP contribution in [0.1, 0.15) is 0 Å². The van der Waals surface area contributed by atoms with Crippen LogP contribution in [0.2, 0.25) is 0 Å². The van der Waals surface area contributed by atoms with Crippen molar-refractivity contribution in [2.45, 2.75) is 0 Å². The van der Waals surface area contributed by atoms with Gasteiger partial charge in [-0.1, -0.05) is 0 Å². The summed E-state index contributed by atoms with van der Waals surface area (Å²) in [7, 11) is 1.25. The van der Waals surface area contributed by atoms with E-state index in [2.05, 4.69) is 9.64 Å². The van der Waals surface area contributed by atoms with Crippen molar-refractivity contribution in [1.29, 1.82) is 0 Å². The molecule has 1 fully saturated rings. The topological polar surface area (TPSA) is 65.1 Å². The van der Waals surface area contributed by atoms with Crippen molar-refractivity contribution in [3.8, 4) is 0 Å². The smallest absolute Gasteiger partial charge is 0.331 e.